The maximum absolute atomic E-state index is 12.0. The normalized spacial score (nSPS) is 20.4. The minimum atomic E-state index is 0.214. The van der Waals surface area contributed by atoms with Gasteiger partial charge in [0.25, 0.3) is 0 Å². The number of anilines is 3. The monoisotopic (exact) mass is 492 g/mol. The summed E-state index contributed by atoms with van der Waals surface area (Å²) < 4.78 is 0. The molecule has 9 heteroatoms. The molecular weight excluding hydrogens is 452 g/mol. The molecule has 2 saturated carbocycles. The molecule has 3 N–H and O–H groups in total. The van der Waals surface area contributed by atoms with Crippen LogP contribution in [0.4, 0.5) is 17.5 Å². The van der Waals surface area contributed by atoms with Crippen molar-refractivity contribution in [1.29, 1.82) is 0 Å². The molecule has 1 atom stereocenters. The second-order valence-electron chi connectivity index (χ2n) is 10.8. The number of carbonyl (C=O) groups excluding carboxylic acids is 1. The summed E-state index contributed by atoms with van der Waals surface area (Å²) in [6.07, 6.45) is 11.6. The van der Waals surface area contributed by atoms with Crippen LogP contribution in [0.2, 0.25) is 0 Å². The number of carbonyl (C=O) groups is 1. The fourth-order valence-corrected chi connectivity index (χ4v) is 4.94. The van der Waals surface area contributed by atoms with Crippen molar-refractivity contribution in [2.24, 2.45) is 5.92 Å². The van der Waals surface area contributed by atoms with Crippen LogP contribution in [-0.4, -0.2) is 77.0 Å². The smallest absolute Gasteiger partial charge is 0.229 e. The highest BCUT2D eigenvalue weighted by atomic mass is 16.1. The summed E-state index contributed by atoms with van der Waals surface area (Å²) in [6.45, 7) is 4.56. The molecule has 2 aromatic rings. The molecule has 3 fully saturated rings. The molecule has 5 rings (SSSR count). The van der Waals surface area contributed by atoms with Crippen molar-refractivity contribution in [3.63, 3.8) is 0 Å². The van der Waals surface area contributed by atoms with Crippen LogP contribution in [0.25, 0.3) is 0 Å². The highest BCUT2D eigenvalue weighted by Crippen LogP contribution is 2.42. The van der Waals surface area contributed by atoms with Crippen molar-refractivity contribution in [1.82, 2.24) is 30.1 Å². The van der Waals surface area contributed by atoms with Gasteiger partial charge in [0.15, 0.2) is 0 Å². The van der Waals surface area contributed by atoms with Crippen molar-refractivity contribution < 1.29 is 4.79 Å². The lowest BCUT2D eigenvalue weighted by atomic mass is 9.85. The Labute approximate surface area is 214 Å². The molecule has 9 nitrogen and oxygen atoms in total. The Morgan fingerprint density at radius 1 is 1.08 bits per heavy atom. The molecule has 0 spiro atoms. The quantitative estimate of drug-likeness (QED) is 0.388. The first-order valence-electron chi connectivity index (χ1n) is 13.5. The summed E-state index contributed by atoms with van der Waals surface area (Å²) in [4.78, 5) is 30.8. The second kappa shape index (κ2) is 11.5. The fraction of sp³-hybridized carbons (Fsp3) is 0.630. The average molecular weight is 493 g/mol. The van der Waals surface area contributed by atoms with Gasteiger partial charge in [-0.2, -0.15) is 4.98 Å². The molecule has 0 unspecified atom stereocenters. The number of hydrogen-bond donors (Lipinski definition) is 3. The molecule has 2 aromatic heterocycles. The number of amides is 1. The van der Waals surface area contributed by atoms with Crippen LogP contribution in [0.5, 0.6) is 0 Å². The molecule has 0 bridgehead atoms. The first-order valence-corrected chi connectivity index (χ1v) is 13.5. The first kappa shape index (κ1) is 24.9. The molecule has 1 aliphatic heterocycles. The van der Waals surface area contributed by atoms with Gasteiger partial charge in [0.2, 0.25) is 11.9 Å². The summed E-state index contributed by atoms with van der Waals surface area (Å²) >= 11 is 0. The van der Waals surface area contributed by atoms with E-state index in [0.717, 1.165) is 62.6 Å². The van der Waals surface area contributed by atoms with E-state index < -0.39 is 0 Å². The molecule has 36 heavy (non-hydrogen) atoms. The van der Waals surface area contributed by atoms with Crippen LogP contribution >= 0.6 is 0 Å². The number of hydrogen-bond acceptors (Lipinski definition) is 8. The van der Waals surface area contributed by atoms with Crippen LogP contribution in [0.3, 0.4) is 0 Å². The summed E-state index contributed by atoms with van der Waals surface area (Å²) in [7, 11) is 4.31. The predicted molar refractivity (Wildman–Crippen MR) is 142 cm³/mol. The lowest BCUT2D eigenvalue weighted by molar-refractivity contribution is -0.127. The van der Waals surface area contributed by atoms with Gasteiger partial charge < -0.3 is 20.9 Å². The zero-order chi connectivity index (χ0) is 24.9. The van der Waals surface area contributed by atoms with Crippen molar-refractivity contribution >= 4 is 23.4 Å². The van der Waals surface area contributed by atoms with Crippen molar-refractivity contribution in [2.75, 3.05) is 50.9 Å². The van der Waals surface area contributed by atoms with Crippen LogP contribution in [0, 0.1) is 5.92 Å². The zero-order valence-electron chi connectivity index (χ0n) is 21.7. The molecule has 0 aromatic carbocycles. The number of likely N-dealkylation sites (N-methyl/N-ethyl adjacent to an activating group) is 1. The third-order valence-electron chi connectivity index (χ3n) is 7.70. The topological polar surface area (TPSA) is 98.3 Å². The van der Waals surface area contributed by atoms with Gasteiger partial charge in [-0.3, -0.25) is 14.7 Å². The Bertz CT molecular complexity index is 1020. The van der Waals surface area contributed by atoms with Gasteiger partial charge in [-0.05, 0) is 70.7 Å². The molecular formula is C27H40N8O. The van der Waals surface area contributed by atoms with Crippen LogP contribution in [0.15, 0.2) is 24.5 Å². The second-order valence-corrected chi connectivity index (χ2v) is 10.8. The average Bonchev–Trinajstić information content (AvgIpc) is 3.56. The minimum absolute atomic E-state index is 0.214. The van der Waals surface area contributed by atoms with Gasteiger partial charge >= 0.3 is 0 Å². The lowest BCUT2D eigenvalue weighted by Gasteiger charge is -2.24. The van der Waals surface area contributed by atoms with E-state index in [1.54, 1.807) is 0 Å². The number of nitrogens with zero attached hydrogens (tertiary/aromatic N) is 5. The van der Waals surface area contributed by atoms with Gasteiger partial charge in [0.1, 0.15) is 5.82 Å². The fourth-order valence-electron chi connectivity index (χ4n) is 4.94. The van der Waals surface area contributed by atoms with E-state index in [-0.39, 0.29) is 11.8 Å². The molecule has 1 saturated heterocycles. The Morgan fingerprint density at radius 2 is 1.94 bits per heavy atom. The molecule has 194 valence electrons. The van der Waals surface area contributed by atoms with Gasteiger partial charge in [0.05, 0.1) is 17.6 Å². The maximum Gasteiger partial charge on any atom is 0.229 e. The SMILES string of the molecule is CN(C)[C@@H]1CCN(Cc2ccc(Nc3ncc(C4CC4)c(NCCCNC(=O)C4CCC4)n3)cn2)C1. The number of nitrogens with one attached hydrogen (secondary N) is 3. The standard InChI is InChI=1S/C27H40N8O/c1-34(2)23-11-14-35(18-23)17-22-10-9-21(15-30-22)32-27-31-16-24(19-7-8-19)25(33-27)28-12-4-13-29-26(36)20-5-3-6-20/h9-10,15-16,19-20,23H,3-8,11-14,17-18H2,1-2H3,(H,29,36)(H2,28,31,32,33)/t23-/m1/s1. The third-order valence-corrected chi connectivity index (χ3v) is 7.70. The van der Waals surface area contributed by atoms with Gasteiger partial charge in [-0.1, -0.05) is 6.42 Å². The van der Waals surface area contributed by atoms with Crippen molar-refractivity contribution in [3.05, 3.63) is 35.8 Å². The van der Waals surface area contributed by atoms with E-state index in [1.807, 2.05) is 12.4 Å². The lowest BCUT2D eigenvalue weighted by Crippen LogP contribution is -2.35. The van der Waals surface area contributed by atoms with E-state index in [0.29, 0.717) is 24.5 Å². The van der Waals surface area contributed by atoms with E-state index in [4.69, 9.17) is 4.98 Å². The summed E-state index contributed by atoms with van der Waals surface area (Å²) in [5, 5.41) is 9.86. The van der Waals surface area contributed by atoms with E-state index >= 15 is 0 Å². The van der Waals surface area contributed by atoms with Gasteiger partial charge in [-0.25, -0.2) is 4.98 Å². The van der Waals surface area contributed by atoms with Crippen molar-refractivity contribution in [3.8, 4) is 0 Å². The highest BCUT2D eigenvalue weighted by Gasteiger charge is 2.28. The molecule has 2 aliphatic carbocycles. The number of pyridine rings is 1. The Balaban J connectivity index is 1.12. The number of rotatable bonds is 12. The Hall–Kier alpha value is -2.78. The molecule has 1 amide bonds. The van der Waals surface area contributed by atoms with Gasteiger partial charge in [-0.15, -0.1) is 0 Å². The van der Waals surface area contributed by atoms with Crippen LogP contribution in [-0.2, 0) is 11.3 Å². The van der Waals surface area contributed by atoms with Gasteiger partial charge in [0, 0.05) is 56.4 Å². The Kier molecular flexibility index (Phi) is 7.96. The summed E-state index contributed by atoms with van der Waals surface area (Å²) in [5.74, 6) is 2.48. The number of aromatic nitrogens is 3. The summed E-state index contributed by atoms with van der Waals surface area (Å²) in [5.41, 5.74) is 3.15. The van der Waals surface area contributed by atoms with E-state index in [2.05, 4.69) is 61.9 Å². The highest BCUT2D eigenvalue weighted by molar-refractivity contribution is 5.79. The largest absolute Gasteiger partial charge is 0.370 e. The number of likely N-dealkylation sites (tertiary alicyclic amines) is 1. The third kappa shape index (κ3) is 6.50. The van der Waals surface area contributed by atoms with Crippen LogP contribution in [0.1, 0.15) is 62.1 Å². The van der Waals surface area contributed by atoms with Crippen LogP contribution < -0.4 is 16.0 Å². The zero-order valence-corrected chi connectivity index (χ0v) is 21.7. The van der Waals surface area contributed by atoms with E-state index in [1.165, 1.54) is 31.2 Å². The molecule has 3 aliphatic rings. The molecule has 0 radical (unpaired) electrons. The molecule has 3 heterocycles. The maximum atomic E-state index is 12.0. The van der Waals surface area contributed by atoms with E-state index in [9.17, 15) is 4.79 Å². The Morgan fingerprint density at radius 3 is 2.61 bits per heavy atom. The predicted octanol–water partition coefficient (Wildman–Crippen LogP) is 3.35. The van der Waals surface area contributed by atoms with Crippen molar-refractivity contribution in [2.45, 2.75) is 63.5 Å². The summed E-state index contributed by atoms with van der Waals surface area (Å²) in [6, 6.07) is 4.77. The minimum Gasteiger partial charge on any atom is -0.370 e. The first-order chi connectivity index (χ1) is 17.5.